The number of H-pyrrole nitrogens is 1. The Labute approximate surface area is 168 Å². The number of ether oxygens (including phenoxy) is 1. The summed E-state index contributed by atoms with van der Waals surface area (Å²) in [4.78, 5) is 37.4. The summed E-state index contributed by atoms with van der Waals surface area (Å²) in [7, 11) is 0. The van der Waals surface area contributed by atoms with Crippen molar-refractivity contribution >= 4 is 27.5 Å². The van der Waals surface area contributed by atoms with Gasteiger partial charge < -0.3 is 14.6 Å². The lowest BCUT2D eigenvalue weighted by Crippen LogP contribution is -2.39. The van der Waals surface area contributed by atoms with Gasteiger partial charge in [0.15, 0.2) is 0 Å². The number of aryl methyl sites for hydroxylation is 2. The number of carbonyl (C=O) groups excluding carboxylic acids is 1. The van der Waals surface area contributed by atoms with Crippen molar-refractivity contribution in [2.75, 3.05) is 19.7 Å². The Morgan fingerprint density at radius 3 is 2.79 bits per heavy atom. The van der Waals surface area contributed by atoms with Gasteiger partial charge in [0.25, 0.3) is 5.56 Å². The molecule has 2 fully saturated rings. The molecule has 0 bridgehead atoms. The smallest absolute Gasteiger partial charge is 0.259 e. The fourth-order valence-corrected chi connectivity index (χ4v) is 6.17. The number of piperidine rings is 1. The molecule has 4 heterocycles. The fraction of sp³-hybridized carbons (Fsp3) is 0.667. The lowest BCUT2D eigenvalue weighted by Gasteiger charge is -2.32. The topological polar surface area (TPSA) is 75.3 Å². The molecule has 1 aliphatic carbocycles. The van der Waals surface area contributed by atoms with E-state index in [9.17, 15) is 9.59 Å². The fourth-order valence-electron chi connectivity index (χ4n) is 4.91. The van der Waals surface area contributed by atoms with Crippen LogP contribution in [0.4, 0.5) is 0 Å². The molecular weight excluding hydrogens is 374 g/mol. The maximum atomic E-state index is 12.8. The van der Waals surface area contributed by atoms with Crippen LogP contribution in [0.3, 0.4) is 0 Å². The summed E-state index contributed by atoms with van der Waals surface area (Å²) in [5.74, 6) is 1.23. The van der Waals surface area contributed by atoms with Gasteiger partial charge in [-0.1, -0.05) is 0 Å². The number of amides is 1. The van der Waals surface area contributed by atoms with Gasteiger partial charge in [-0.3, -0.25) is 9.59 Å². The number of likely N-dealkylation sites (tertiary alicyclic amines) is 1. The second-order valence-electron chi connectivity index (χ2n) is 8.34. The molecule has 2 aromatic rings. The Balaban J connectivity index is 1.29. The number of hydrogen-bond acceptors (Lipinski definition) is 5. The zero-order valence-electron chi connectivity index (χ0n) is 16.2. The van der Waals surface area contributed by atoms with Crippen LogP contribution >= 0.6 is 11.3 Å². The molecule has 2 aliphatic heterocycles. The molecule has 0 radical (unpaired) electrons. The molecule has 0 spiro atoms. The van der Waals surface area contributed by atoms with Gasteiger partial charge >= 0.3 is 0 Å². The van der Waals surface area contributed by atoms with Crippen LogP contribution in [0.2, 0.25) is 0 Å². The summed E-state index contributed by atoms with van der Waals surface area (Å²) in [6.07, 6.45) is 8.85. The third-order valence-electron chi connectivity index (χ3n) is 6.50. The molecule has 28 heavy (non-hydrogen) atoms. The number of carbonyl (C=O) groups is 1. The summed E-state index contributed by atoms with van der Waals surface area (Å²) >= 11 is 1.71. The number of hydrogen-bond donors (Lipinski definition) is 1. The zero-order chi connectivity index (χ0) is 19.1. The summed E-state index contributed by atoms with van der Waals surface area (Å²) < 4.78 is 5.60. The Kier molecular flexibility index (Phi) is 4.97. The number of fused-ring (bicyclic) bond motifs is 3. The van der Waals surface area contributed by atoms with Crippen LogP contribution in [0.25, 0.3) is 10.2 Å². The van der Waals surface area contributed by atoms with Crippen molar-refractivity contribution in [1.82, 2.24) is 14.9 Å². The molecule has 2 saturated heterocycles. The minimum Gasteiger partial charge on any atom is -0.378 e. The van der Waals surface area contributed by atoms with Crippen molar-refractivity contribution in [1.29, 1.82) is 0 Å². The zero-order valence-corrected chi connectivity index (χ0v) is 17.0. The van der Waals surface area contributed by atoms with Crippen molar-refractivity contribution in [3.63, 3.8) is 0 Å². The quantitative estimate of drug-likeness (QED) is 0.857. The molecule has 0 aromatic carbocycles. The molecule has 2 aromatic heterocycles. The van der Waals surface area contributed by atoms with E-state index in [2.05, 4.69) is 4.98 Å². The van der Waals surface area contributed by atoms with Gasteiger partial charge in [0, 0.05) is 30.5 Å². The van der Waals surface area contributed by atoms with Gasteiger partial charge in [0.2, 0.25) is 5.91 Å². The summed E-state index contributed by atoms with van der Waals surface area (Å²) in [5.41, 5.74) is 1.26. The normalized spacial score (nSPS) is 23.3. The highest BCUT2D eigenvalue weighted by Crippen LogP contribution is 2.35. The van der Waals surface area contributed by atoms with E-state index in [-0.39, 0.29) is 23.5 Å². The van der Waals surface area contributed by atoms with Crippen molar-refractivity contribution in [3.8, 4) is 0 Å². The predicted octanol–water partition coefficient (Wildman–Crippen LogP) is 3.14. The Morgan fingerprint density at radius 1 is 1.18 bits per heavy atom. The number of aromatic nitrogens is 2. The second-order valence-corrected chi connectivity index (χ2v) is 9.42. The van der Waals surface area contributed by atoms with Gasteiger partial charge in [-0.25, -0.2) is 4.98 Å². The summed E-state index contributed by atoms with van der Waals surface area (Å²) in [6, 6.07) is 0. The maximum absolute atomic E-state index is 12.8. The maximum Gasteiger partial charge on any atom is 0.259 e. The largest absolute Gasteiger partial charge is 0.378 e. The van der Waals surface area contributed by atoms with E-state index in [1.165, 1.54) is 23.3 Å². The molecule has 1 atom stereocenters. The third kappa shape index (κ3) is 3.39. The minimum atomic E-state index is 0.0243. The summed E-state index contributed by atoms with van der Waals surface area (Å²) in [5, 5.41) is 0.827. The van der Waals surface area contributed by atoms with Crippen molar-refractivity contribution < 1.29 is 9.53 Å². The van der Waals surface area contributed by atoms with Crippen LogP contribution in [-0.2, 0) is 22.4 Å². The second kappa shape index (κ2) is 7.59. The molecule has 7 heteroatoms. The Bertz CT molecular complexity index is 936. The number of aromatic amines is 1. The van der Waals surface area contributed by atoms with Gasteiger partial charge in [-0.15, -0.1) is 11.3 Å². The summed E-state index contributed by atoms with van der Waals surface area (Å²) in [6.45, 7) is 2.26. The first-order chi connectivity index (χ1) is 13.7. The highest BCUT2D eigenvalue weighted by atomic mass is 32.1. The van der Waals surface area contributed by atoms with E-state index in [1.807, 2.05) is 4.90 Å². The minimum absolute atomic E-state index is 0.0243. The molecule has 150 valence electrons. The molecule has 1 N–H and O–H groups in total. The molecule has 5 rings (SSSR count). The molecule has 3 aliphatic rings. The molecule has 1 amide bonds. The lowest BCUT2D eigenvalue weighted by molar-refractivity contribution is -0.134. The van der Waals surface area contributed by atoms with Crippen LogP contribution in [0, 0.1) is 0 Å². The molecule has 1 unspecified atom stereocenters. The molecule has 0 saturated carbocycles. The monoisotopic (exact) mass is 401 g/mol. The van der Waals surface area contributed by atoms with Gasteiger partial charge in [0.05, 0.1) is 17.9 Å². The van der Waals surface area contributed by atoms with Crippen LogP contribution in [0.15, 0.2) is 4.79 Å². The average Bonchev–Trinajstić information content (AvgIpc) is 3.35. The van der Waals surface area contributed by atoms with Crippen molar-refractivity contribution in [2.24, 2.45) is 0 Å². The number of nitrogens with one attached hydrogen (secondary N) is 1. The highest BCUT2D eigenvalue weighted by molar-refractivity contribution is 7.18. The van der Waals surface area contributed by atoms with Crippen LogP contribution < -0.4 is 5.56 Å². The number of thiophene rings is 1. The van der Waals surface area contributed by atoms with Crippen molar-refractivity contribution in [3.05, 3.63) is 26.6 Å². The van der Waals surface area contributed by atoms with E-state index in [4.69, 9.17) is 9.72 Å². The highest BCUT2D eigenvalue weighted by Gasteiger charge is 2.29. The van der Waals surface area contributed by atoms with Crippen molar-refractivity contribution in [2.45, 2.75) is 69.8 Å². The SMILES string of the molecule is O=C(CC1CCCO1)N1CCC(c2nc3sc4c(c3c(=O)[nH]2)CCCC4)CC1. The Morgan fingerprint density at radius 2 is 2.00 bits per heavy atom. The van der Waals surface area contributed by atoms with Crippen LogP contribution in [0.1, 0.15) is 67.1 Å². The first-order valence-electron chi connectivity index (χ1n) is 10.6. The van der Waals surface area contributed by atoms with E-state index < -0.39 is 0 Å². The van der Waals surface area contributed by atoms with E-state index in [0.29, 0.717) is 6.42 Å². The van der Waals surface area contributed by atoms with Gasteiger partial charge in [0.1, 0.15) is 10.7 Å². The molecule has 6 nitrogen and oxygen atoms in total. The first kappa shape index (κ1) is 18.3. The number of rotatable bonds is 3. The first-order valence-corrected chi connectivity index (χ1v) is 11.4. The third-order valence-corrected chi connectivity index (χ3v) is 7.69. The van der Waals surface area contributed by atoms with Crippen LogP contribution in [-0.4, -0.2) is 46.6 Å². The predicted molar refractivity (Wildman–Crippen MR) is 109 cm³/mol. The Hall–Kier alpha value is -1.73. The van der Waals surface area contributed by atoms with Gasteiger partial charge in [-0.2, -0.15) is 0 Å². The van der Waals surface area contributed by atoms with Gasteiger partial charge in [-0.05, 0) is 56.9 Å². The molecular formula is C21H27N3O3S. The van der Waals surface area contributed by atoms with Crippen LogP contribution in [0.5, 0.6) is 0 Å². The lowest BCUT2D eigenvalue weighted by atomic mass is 9.95. The van der Waals surface area contributed by atoms with E-state index in [0.717, 1.165) is 74.3 Å². The van der Waals surface area contributed by atoms with E-state index in [1.54, 1.807) is 11.3 Å². The number of nitrogens with zero attached hydrogens (tertiary/aromatic N) is 2. The average molecular weight is 402 g/mol. The standard InChI is InChI=1S/C21H27N3O3S/c25-17(12-14-4-3-11-27-14)24-9-7-13(8-10-24)19-22-20(26)18-15-5-1-2-6-16(15)28-21(18)23-19/h13-14H,1-12H2,(H,22,23,26). The van der Waals surface area contributed by atoms with E-state index >= 15 is 0 Å².